The normalized spacial score (nSPS) is 11.6. The zero-order valence-electron chi connectivity index (χ0n) is 16.0. The van der Waals surface area contributed by atoms with E-state index in [1.54, 1.807) is 0 Å². The van der Waals surface area contributed by atoms with Crippen molar-refractivity contribution in [2.75, 3.05) is 27.2 Å². The fraction of sp³-hybridized carbons (Fsp3) is 0.250. The molecule has 0 aromatic heterocycles. The summed E-state index contributed by atoms with van der Waals surface area (Å²) < 4.78 is 5.77. The van der Waals surface area contributed by atoms with Crippen LogP contribution in [0.25, 0.3) is 0 Å². The second-order valence-electron chi connectivity index (χ2n) is 7.06. The summed E-state index contributed by atoms with van der Waals surface area (Å²) in [6.45, 7) is 1.54. The van der Waals surface area contributed by atoms with Crippen molar-refractivity contribution in [3.05, 3.63) is 102 Å². The van der Waals surface area contributed by atoms with Gasteiger partial charge in [0, 0.05) is 13.0 Å². The van der Waals surface area contributed by atoms with Crippen LogP contribution < -0.4 is 4.74 Å². The van der Waals surface area contributed by atoms with Crippen molar-refractivity contribution in [1.29, 1.82) is 0 Å². The fourth-order valence-electron chi connectivity index (χ4n) is 3.14. The van der Waals surface area contributed by atoms with Gasteiger partial charge in [-0.05, 0) is 42.9 Å². The minimum atomic E-state index is -1.07. The third-order valence-corrected chi connectivity index (χ3v) is 4.69. The molecule has 140 valence electrons. The van der Waals surface area contributed by atoms with Crippen molar-refractivity contribution >= 4 is 0 Å². The van der Waals surface area contributed by atoms with Crippen LogP contribution in [0.4, 0.5) is 0 Å². The molecule has 3 aromatic rings. The summed E-state index contributed by atoms with van der Waals surface area (Å²) in [5, 5.41) is 11.6. The molecule has 3 rings (SSSR count). The van der Waals surface area contributed by atoms with Crippen molar-refractivity contribution in [2.24, 2.45) is 0 Å². The van der Waals surface area contributed by atoms with Gasteiger partial charge in [-0.1, -0.05) is 72.8 Å². The minimum absolute atomic E-state index is 0.499. The zero-order valence-corrected chi connectivity index (χ0v) is 16.0. The summed E-state index contributed by atoms with van der Waals surface area (Å²) in [6, 6.07) is 27.7. The third-order valence-electron chi connectivity index (χ3n) is 4.69. The van der Waals surface area contributed by atoms with Crippen LogP contribution in [0.5, 0.6) is 5.75 Å². The average molecular weight is 361 g/mol. The molecule has 0 atom stereocenters. The molecular weight excluding hydrogens is 334 g/mol. The molecule has 0 amide bonds. The molecule has 27 heavy (non-hydrogen) atoms. The number of rotatable bonds is 8. The number of benzene rings is 3. The molecule has 0 fully saturated rings. The second-order valence-corrected chi connectivity index (χ2v) is 7.06. The Labute approximate surface area is 161 Å². The van der Waals surface area contributed by atoms with E-state index < -0.39 is 5.60 Å². The number of nitrogens with zero attached hydrogens (tertiary/aromatic N) is 1. The van der Waals surface area contributed by atoms with Gasteiger partial charge in [0.2, 0.25) is 0 Å². The van der Waals surface area contributed by atoms with E-state index in [0.717, 1.165) is 29.0 Å². The Morgan fingerprint density at radius 2 is 1.30 bits per heavy atom. The predicted octanol–water partition coefficient (Wildman–Crippen LogP) is 4.11. The fourth-order valence-corrected chi connectivity index (χ4v) is 3.14. The minimum Gasteiger partial charge on any atom is -0.492 e. The van der Waals surface area contributed by atoms with Gasteiger partial charge in [-0.3, -0.25) is 0 Å². The van der Waals surface area contributed by atoms with E-state index in [2.05, 4.69) is 4.90 Å². The van der Waals surface area contributed by atoms with Crippen LogP contribution in [0.3, 0.4) is 0 Å². The maximum absolute atomic E-state index is 11.6. The molecule has 0 aliphatic carbocycles. The quantitative estimate of drug-likeness (QED) is 0.655. The van der Waals surface area contributed by atoms with Gasteiger partial charge in [0.05, 0.1) is 0 Å². The summed E-state index contributed by atoms with van der Waals surface area (Å²) >= 11 is 0. The first-order valence-corrected chi connectivity index (χ1v) is 9.28. The zero-order chi connectivity index (χ0) is 19.1. The third kappa shape index (κ3) is 4.97. The molecule has 0 saturated carbocycles. The van der Waals surface area contributed by atoms with E-state index in [1.807, 2.05) is 99.0 Å². The molecule has 0 radical (unpaired) electrons. The number of hydrogen-bond donors (Lipinski definition) is 1. The van der Waals surface area contributed by atoms with Crippen LogP contribution >= 0.6 is 0 Å². The van der Waals surface area contributed by atoms with Crippen molar-refractivity contribution in [3.8, 4) is 5.75 Å². The van der Waals surface area contributed by atoms with Crippen LogP contribution in [-0.2, 0) is 12.0 Å². The van der Waals surface area contributed by atoms with Crippen molar-refractivity contribution in [1.82, 2.24) is 4.90 Å². The van der Waals surface area contributed by atoms with Gasteiger partial charge in [-0.15, -0.1) is 0 Å². The second kappa shape index (κ2) is 8.85. The summed E-state index contributed by atoms with van der Waals surface area (Å²) in [6.07, 6.45) is 0.499. The van der Waals surface area contributed by atoms with Gasteiger partial charge in [0.1, 0.15) is 18.0 Å². The molecule has 0 aliphatic heterocycles. The van der Waals surface area contributed by atoms with E-state index in [9.17, 15) is 5.11 Å². The Hall–Kier alpha value is -2.62. The topological polar surface area (TPSA) is 32.7 Å². The van der Waals surface area contributed by atoms with Gasteiger partial charge >= 0.3 is 0 Å². The monoisotopic (exact) mass is 361 g/mol. The molecule has 0 spiro atoms. The molecule has 0 bridgehead atoms. The molecule has 3 aromatic carbocycles. The Balaban J connectivity index is 1.81. The van der Waals surface area contributed by atoms with E-state index in [-0.39, 0.29) is 0 Å². The summed E-state index contributed by atoms with van der Waals surface area (Å²) in [7, 11) is 4.06. The molecule has 0 saturated heterocycles. The smallest absolute Gasteiger partial charge is 0.119 e. The molecular formula is C24H27NO2. The first-order chi connectivity index (χ1) is 13.1. The van der Waals surface area contributed by atoms with E-state index >= 15 is 0 Å². The van der Waals surface area contributed by atoms with Crippen molar-refractivity contribution in [2.45, 2.75) is 12.0 Å². The lowest BCUT2D eigenvalue weighted by atomic mass is 9.81. The van der Waals surface area contributed by atoms with Crippen molar-refractivity contribution < 1.29 is 9.84 Å². The maximum Gasteiger partial charge on any atom is 0.119 e. The van der Waals surface area contributed by atoms with E-state index in [4.69, 9.17) is 4.74 Å². The lowest BCUT2D eigenvalue weighted by Gasteiger charge is -2.30. The highest BCUT2D eigenvalue weighted by atomic mass is 16.5. The molecule has 0 heterocycles. The lowest BCUT2D eigenvalue weighted by Crippen LogP contribution is -2.30. The van der Waals surface area contributed by atoms with Crippen molar-refractivity contribution in [3.63, 3.8) is 0 Å². The first kappa shape index (κ1) is 19.2. The summed E-state index contributed by atoms with van der Waals surface area (Å²) in [5.74, 6) is 0.851. The van der Waals surface area contributed by atoms with Gasteiger partial charge in [0.15, 0.2) is 0 Å². The Morgan fingerprint density at radius 1 is 0.778 bits per heavy atom. The molecule has 3 heteroatoms. The van der Waals surface area contributed by atoms with Crippen LogP contribution in [0.15, 0.2) is 84.9 Å². The predicted molar refractivity (Wildman–Crippen MR) is 110 cm³/mol. The number of hydrogen-bond acceptors (Lipinski definition) is 3. The average Bonchev–Trinajstić information content (AvgIpc) is 2.70. The van der Waals surface area contributed by atoms with Gasteiger partial charge in [-0.2, -0.15) is 0 Å². The molecule has 0 aliphatic rings. The van der Waals surface area contributed by atoms with Crippen LogP contribution in [0, 0.1) is 0 Å². The van der Waals surface area contributed by atoms with Crippen LogP contribution in [0.1, 0.15) is 16.7 Å². The standard InChI is InChI=1S/C24H27NO2/c1-25(2)17-18-27-23-15-13-20(14-16-23)19-24(26,21-9-5-3-6-10-21)22-11-7-4-8-12-22/h3-16,26H,17-19H2,1-2H3. The SMILES string of the molecule is CN(C)CCOc1ccc(CC(O)(c2ccccc2)c2ccccc2)cc1. The van der Waals surface area contributed by atoms with Crippen LogP contribution in [-0.4, -0.2) is 37.3 Å². The molecule has 1 N–H and O–H groups in total. The highest BCUT2D eigenvalue weighted by molar-refractivity contribution is 5.39. The highest BCUT2D eigenvalue weighted by Gasteiger charge is 2.31. The Bertz CT molecular complexity index is 775. The molecule has 3 nitrogen and oxygen atoms in total. The van der Waals surface area contributed by atoms with E-state index in [0.29, 0.717) is 13.0 Å². The van der Waals surface area contributed by atoms with Gasteiger partial charge in [-0.25, -0.2) is 0 Å². The Kier molecular flexibility index (Phi) is 6.28. The Morgan fingerprint density at radius 3 is 1.78 bits per heavy atom. The maximum atomic E-state index is 11.6. The largest absolute Gasteiger partial charge is 0.492 e. The highest BCUT2D eigenvalue weighted by Crippen LogP contribution is 2.33. The van der Waals surface area contributed by atoms with Crippen LogP contribution in [0.2, 0.25) is 0 Å². The number of ether oxygens (including phenoxy) is 1. The number of likely N-dealkylation sites (N-methyl/N-ethyl adjacent to an activating group) is 1. The van der Waals surface area contributed by atoms with Gasteiger partial charge < -0.3 is 14.7 Å². The first-order valence-electron chi connectivity index (χ1n) is 9.28. The van der Waals surface area contributed by atoms with E-state index in [1.165, 1.54) is 0 Å². The number of aliphatic hydroxyl groups is 1. The lowest BCUT2D eigenvalue weighted by molar-refractivity contribution is 0.0811. The summed E-state index contributed by atoms with van der Waals surface area (Å²) in [5.41, 5.74) is 1.77. The summed E-state index contributed by atoms with van der Waals surface area (Å²) in [4.78, 5) is 2.09. The van der Waals surface area contributed by atoms with Gasteiger partial charge in [0.25, 0.3) is 0 Å². The molecule has 0 unspecified atom stereocenters.